The lowest BCUT2D eigenvalue weighted by molar-refractivity contribution is -0.122. The van der Waals surface area contributed by atoms with E-state index >= 15 is 0 Å². The van der Waals surface area contributed by atoms with E-state index in [4.69, 9.17) is 9.26 Å². The molecule has 1 heterocycles. The summed E-state index contributed by atoms with van der Waals surface area (Å²) in [7, 11) is 1.48. The van der Waals surface area contributed by atoms with Gasteiger partial charge in [-0.3, -0.25) is 4.79 Å². The van der Waals surface area contributed by atoms with Crippen LogP contribution >= 0.6 is 11.8 Å². The average Bonchev–Trinajstić information content (AvgIpc) is 2.86. The van der Waals surface area contributed by atoms with Crippen molar-refractivity contribution >= 4 is 17.5 Å². The Balaban J connectivity index is 1.86. The zero-order valence-corrected chi connectivity index (χ0v) is 12.3. The molecule has 0 fully saturated rings. The van der Waals surface area contributed by atoms with Gasteiger partial charge >= 0.3 is 0 Å². The maximum absolute atomic E-state index is 11.4. The SMILES string of the molecule is COCC(=O)Cc1nc(CSc2ccc(C)cc2)no1. The number of nitrogens with zero attached hydrogens (tertiary/aromatic N) is 2. The number of ether oxygens (including phenoxy) is 1. The van der Waals surface area contributed by atoms with Gasteiger partial charge in [-0.25, -0.2) is 0 Å². The van der Waals surface area contributed by atoms with Crippen molar-refractivity contribution in [2.24, 2.45) is 0 Å². The molecule has 0 spiro atoms. The van der Waals surface area contributed by atoms with Gasteiger partial charge in [-0.2, -0.15) is 4.98 Å². The Morgan fingerprint density at radius 2 is 2.10 bits per heavy atom. The summed E-state index contributed by atoms with van der Waals surface area (Å²) < 4.78 is 9.79. The molecule has 2 aromatic rings. The van der Waals surface area contributed by atoms with E-state index in [1.165, 1.54) is 12.7 Å². The van der Waals surface area contributed by atoms with Crippen molar-refractivity contribution < 1.29 is 14.1 Å². The number of ketones is 1. The fourth-order valence-corrected chi connectivity index (χ4v) is 2.33. The highest BCUT2D eigenvalue weighted by Crippen LogP contribution is 2.21. The van der Waals surface area contributed by atoms with E-state index in [2.05, 4.69) is 41.3 Å². The zero-order valence-electron chi connectivity index (χ0n) is 11.5. The molecule has 2 rings (SSSR count). The summed E-state index contributed by atoms with van der Waals surface area (Å²) >= 11 is 1.63. The second kappa shape index (κ2) is 7.21. The van der Waals surface area contributed by atoms with Crippen LogP contribution in [0.4, 0.5) is 0 Å². The number of Topliss-reactive ketones (excluding diaryl/α,β-unsaturated/α-hetero) is 1. The van der Waals surface area contributed by atoms with Crippen molar-refractivity contribution in [1.29, 1.82) is 0 Å². The van der Waals surface area contributed by atoms with Gasteiger partial charge in [-0.05, 0) is 19.1 Å². The Morgan fingerprint density at radius 3 is 2.80 bits per heavy atom. The van der Waals surface area contributed by atoms with Gasteiger partial charge in [0.25, 0.3) is 0 Å². The van der Waals surface area contributed by atoms with Crippen molar-refractivity contribution in [3.05, 3.63) is 41.5 Å². The first-order valence-electron chi connectivity index (χ1n) is 6.19. The first kappa shape index (κ1) is 14.7. The Hall–Kier alpha value is -1.66. The standard InChI is InChI=1S/C14H16N2O3S/c1-10-3-5-12(6-4-10)20-9-13-15-14(19-16-13)7-11(17)8-18-2/h3-6H,7-9H2,1-2H3. The van der Waals surface area contributed by atoms with Crippen LogP contribution in [0.3, 0.4) is 0 Å². The number of carbonyl (C=O) groups excluding carboxylic acids is 1. The third-order valence-electron chi connectivity index (χ3n) is 2.55. The van der Waals surface area contributed by atoms with Crippen molar-refractivity contribution in [3.8, 4) is 0 Å². The Morgan fingerprint density at radius 1 is 1.35 bits per heavy atom. The van der Waals surface area contributed by atoms with Gasteiger partial charge in [0.2, 0.25) is 5.89 Å². The van der Waals surface area contributed by atoms with E-state index in [1.54, 1.807) is 11.8 Å². The molecule has 6 heteroatoms. The number of benzene rings is 1. The third kappa shape index (κ3) is 4.47. The molecule has 0 amide bonds. The summed E-state index contributed by atoms with van der Waals surface area (Å²) in [5.74, 6) is 1.47. The summed E-state index contributed by atoms with van der Waals surface area (Å²) in [5.41, 5.74) is 1.23. The summed E-state index contributed by atoms with van der Waals surface area (Å²) in [6.07, 6.45) is 0.121. The van der Waals surface area contributed by atoms with Crippen LogP contribution in [0.25, 0.3) is 0 Å². The zero-order chi connectivity index (χ0) is 14.4. The fourth-order valence-electron chi connectivity index (χ4n) is 1.58. The molecule has 0 saturated heterocycles. The van der Waals surface area contributed by atoms with Gasteiger partial charge in [0.15, 0.2) is 11.6 Å². The van der Waals surface area contributed by atoms with E-state index in [0.29, 0.717) is 17.5 Å². The van der Waals surface area contributed by atoms with Crippen LogP contribution in [0.1, 0.15) is 17.3 Å². The molecule has 1 aromatic carbocycles. The molecule has 0 aliphatic heterocycles. The van der Waals surface area contributed by atoms with Gasteiger partial charge in [0.1, 0.15) is 6.61 Å². The van der Waals surface area contributed by atoms with E-state index in [-0.39, 0.29) is 18.8 Å². The highest BCUT2D eigenvalue weighted by molar-refractivity contribution is 7.98. The molecular weight excluding hydrogens is 276 g/mol. The minimum absolute atomic E-state index is 0.0653. The van der Waals surface area contributed by atoms with Gasteiger partial charge in [-0.1, -0.05) is 22.9 Å². The topological polar surface area (TPSA) is 65.2 Å². The number of hydrogen-bond donors (Lipinski definition) is 0. The van der Waals surface area contributed by atoms with Crippen molar-refractivity contribution in [1.82, 2.24) is 10.1 Å². The third-order valence-corrected chi connectivity index (χ3v) is 3.56. The largest absolute Gasteiger partial charge is 0.377 e. The molecular formula is C14H16N2O3S. The maximum atomic E-state index is 11.4. The van der Waals surface area contributed by atoms with Crippen LogP contribution in [0.15, 0.2) is 33.7 Å². The van der Waals surface area contributed by atoms with Gasteiger partial charge in [0, 0.05) is 12.0 Å². The molecule has 1 aromatic heterocycles. The van der Waals surface area contributed by atoms with Gasteiger partial charge in [-0.15, -0.1) is 11.8 Å². The summed E-state index contributed by atoms with van der Waals surface area (Å²) in [5, 5.41) is 3.86. The van der Waals surface area contributed by atoms with Crippen LogP contribution in [0.5, 0.6) is 0 Å². The summed E-state index contributed by atoms with van der Waals surface area (Å²) in [4.78, 5) is 16.7. The lowest BCUT2D eigenvalue weighted by atomic mass is 10.2. The van der Waals surface area contributed by atoms with Crippen LogP contribution in [-0.2, 0) is 21.7 Å². The van der Waals surface area contributed by atoms with E-state index in [0.717, 1.165) is 4.90 Å². The Labute approximate surface area is 121 Å². The second-order valence-corrected chi connectivity index (χ2v) is 5.40. The van der Waals surface area contributed by atoms with Crippen molar-refractivity contribution in [3.63, 3.8) is 0 Å². The number of aryl methyl sites for hydroxylation is 1. The van der Waals surface area contributed by atoms with Crippen LogP contribution in [-0.4, -0.2) is 29.6 Å². The first-order chi connectivity index (χ1) is 9.67. The molecule has 106 valence electrons. The number of rotatable bonds is 7. The number of hydrogen-bond acceptors (Lipinski definition) is 6. The molecule has 0 N–H and O–H groups in total. The Kier molecular flexibility index (Phi) is 5.31. The lowest BCUT2D eigenvalue weighted by Crippen LogP contribution is -2.09. The molecule has 0 atom stereocenters. The first-order valence-corrected chi connectivity index (χ1v) is 7.17. The number of carbonyl (C=O) groups is 1. The second-order valence-electron chi connectivity index (χ2n) is 4.35. The van der Waals surface area contributed by atoms with E-state index in [1.807, 2.05) is 0 Å². The monoisotopic (exact) mass is 292 g/mol. The molecule has 0 unspecified atom stereocenters. The minimum atomic E-state index is -0.0751. The van der Waals surface area contributed by atoms with Gasteiger partial charge < -0.3 is 9.26 Å². The molecule has 0 saturated carbocycles. The predicted octanol–water partition coefficient (Wildman–Crippen LogP) is 2.43. The predicted molar refractivity (Wildman–Crippen MR) is 75.6 cm³/mol. The molecule has 20 heavy (non-hydrogen) atoms. The fraction of sp³-hybridized carbons (Fsp3) is 0.357. The van der Waals surface area contributed by atoms with Crippen LogP contribution in [0, 0.1) is 6.92 Å². The normalized spacial score (nSPS) is 10.7. The smallest absolute Gasteiger partial charge is 0.234 e. The Bertz CT molecular complexity index is 566. The summed E-state index contributed by atoms with van der Waals surface area (Å²) in [6, 6.07) is 8.24. The summed E-state index contributed by atoms with van der Waals surface area (Å²) in [6.45, 7) is 2.12. The highest BCUT2D eigenvalue weighted by atomic mass is 32.2. The van der Waals surface area contributed by atoms with Gasteiger partial charge in [0.05, 0.1) is 12.2 Å². The van der Waals surface area contributed by atoms with Crippen LogP contribution < -0.4 is 0 Å². The highest BCUT2D eigenvalue weighted by Gasteiger charge is 2.11. The lowest BCUT2D eigenvalue weighted by Gasteiger charge is -1.98. The minimum Gasteiger partial charge on any atom is -0.377 e. The number of aromatic nitrogens is 2. The molecule has 5 nitrogen and oxygen atoms in total. The number of methoxy groups -OCH3 is 1. The number of thioether (sulfide) groups is 1. The molecule has 0 bridgehead atoms. The molecule has 0 radical (unpaired) electrons. The van der Waals surface area contributed by atoms with E-state index in [9.17, 15) is 4.79 Å². The quantitative estimate of drug-likeness (QED) is 0.730. The van der Waals surface area contributed by atoms with Crippen LogP contribution in [0.2, 0.25) is 0 Å². The van der Waals surface area contributed by atoms with Crippen molar-refractivity contribution in [2.75, 3.05) is 13.7 Å². The average molecular weight is 292 g/mol. The molecule has 0 aliphatic rings. The molecule has 0 aliphatic carbocycles. The van der Waals surface area contributed by atoms with Crippen molar-refractivity contribution in [2.45, 2.75) is 24.0 Å². The maximum Gasteiger partial charge on any atom is 0.234 e. The van der Waals surface area contributed by atoms with E-state index < -0.39 is 0 Å².